The molecule has 0 bridgehead atoms. The van der Waals surface area contributed by atoms with Crippen LogP contribution in [0.25, 0.3) is 6.08 Å². The number of nitriles is 1. The summed E-state index contributed by atoms with van der Waals surface area (Å²) in [5, 5.41) is 11.5. The van der Waals surface area contributed by atoms with Crippen molar-refractivity contribution in [2.24, 2.45) is 0 Å². The van der Waals surface area contributed by atoms with Crippen LogP contribution < -0.4 is 19.7 Å². The van der Waals surface area contributed by atoms with Gasteiger partial charge in [0.05, 0.1) is 28.9 Å². The highest BCUT2D eigenvalue weighted by atomic mass is 79.9. The van der Waals surface area contributed by atoms with Crippen molar-refractivity contribution in [2.45, 2.75) is 6.61 Å². The molecular weight excluding hydrogens is 549 g/mol. The van der Waals surface area contributed by atoms with Gasteiger partial charge in [-0.3, -0.25) is 14.9 Å². The third-order valence-electron chi connectivity index (χ3n) is 5.27. The molecule has 2 amide bonds. The molecule has 0 saturated carbocycles. The minimum Gasteiger partial charge on any atom is -0.493 e. The Morgan fingerprint density at radius 3 is 2.61 bits per heavy atom. The van der Waals surface area contributed by atoms with Gasteiger partial charge in [0, 0.05) is 5.56 Å². The number of rotatable bonds is 6. The quantitative estimate of drug-likeness (QED) is 0.260. The van der Waals surface area contributed by atoms with E-state index in [1.54, 1.807) is 36.4 Å². The van der Waals surface area contributed by atoms with Crippen molar-refractivity contribution in [3.63, 3.8) is 0 Å². The average molecular weight is 566 g/mol. The lowest BCUT2D eigenvalue weighted by atomic mass is 10.1. The van der Waals surface area contributed by atoms with Crippen LogP contribution in [-0.4, -0.2) is 24.0 Å². The SMILES string of the molecule is COc1cc(/C=C2\C(=O)NC(=S)N(c3ccccc3F)C2=O)cc(Br)c1OCc1ccccc1C#N. The topological polar surface area (TPSA) is 91.7 Å². The molecule has 1 fully saturated rings. The molecule has 0 radical (unpaired) electrons. The number of hydrogen-bond acceptors (Lipinski definition) is 6. The lowest BCUT2D eigenvalue weighted by Gasteiger charge is -2.29. The molecule has 1 N–H and O–H groups in total. The molecule has 180 valence electrons. The molecule has 0 unspecified atom stereocenters. The van der Waals surface area contributed by atoms with E-state index in [-0.39, 0.29) is 23.0 Å². The van der Waals surface area contributed by atoms with Crippen molar-refractivity contribution < 1.29 is 23.5 Å². The molecule has 1 aliphatic rings. The summed E-state index contributed by atoms with van der Waals surface area (Å²) in [6, 6.07) is 18.0. The zero-order chi connectivity index (χ0) is 25.8. The van der Waals surface area contributed by atoms with Gasteiger partial charge in [-0.05, 0) is 70.1 Å². The van der Waals surface area contributed by atoms with Crippen LogP contribution in [0, 0.1) is 17.1 Å². The van der Waals surface area contributed by atoms with Gasteiger partial charge >= 0.3 is 0 Å². The summed E-state index contributed by atoms with van der Waals surface area (Å²) in [6.45, 7) is 0.120. The highest BCUT2D eigenvalue weighted by Gasteiger charge is 2.35. The van der Waals surface area contributed by atoms with Crippen molar-refractivity contribution in [1.29, 1.82) is 5.26 Å². The maximum absolute atomic E-state index is 14.4. The summed E-state index contributed by atoms with van der Waals surface area (Å²) in [5.41, 5.74) is 1.33. The minimum atomic E-state index is -0.766. The summed E-state index contributed by atoms with van der Waals surface area (Å²) < 4.78 is 26.2. The number of amides is 2. The number of carbonyl (C=O) groups excluding carboxylic acids is 2. The van der Waals surface area contributed by atoms with Gasteiger partial charge in [0.1, 0.15) is 18.0 Å². The lowest BCUT2D eigenvalue weighted by Crippen LogP contribution is -2.54. The Bertz CT molecular complexity index is 1470. The fourth-order valence-corrected chi connectivity index (χ4v) is 4.39. The van der Waals surface area contributed by atoms with Crippen LogP contribution in [-0.2, 0) is 16.2 Å². The van der Waals surface area contributed by atoms with Crippen molar-refractivity contribution in [1.82, 2.24) is 5.32 Å². The van der Waals surface area contributed by atoms with Gasteiger partial charge in [0.25, 0.3) is 11.8 Å². The number of ether oxygens (including phenoxy) is 2. The van der Waals surface area contributed by atoms with E-state index < -0.39 is 17.6 Å². The number of carbonyl (C=O) groups is 2. The van der Waals surface area contributed by atoms with E-state index in [1.807, 2.05) is 6.07 Å². The number of para-hydroxylation sites is 1. The smallest absolute Gasteiger partial charge is 0.270 e. The highest BCUT2D eigenvalue weighted by Crippen LogP contribution is 2.38. The van der Waals surface area contributed by atoms with Gasteiger partial charge in [-0.1, -0.05) is 30.3 Å². The number of thiocarbonyl (C=S) groups is 1. The molecule has 4 rings (SSSR count). The summed E-state index contributed by atoms with van der Waals surface area (Å²) >= 11 is 8.57. The second-order valence-electron chi connectivity index (χ2n) is 7.50. The molecule has 1 aliphatic heterocycles. The van der Waals surface area contributed by atoms with E-state index in [0.717, 1.165) is 4.90 Å². The Labute approximate surface area is 219 Å². The molecule has 3 aromatic rings. The molecule has 7 nitrogen and oxygen atoms in total. The second-order valence-corrected chi connectivity index (χ2v) is 8.74. The Balaban J connectivity index is 1.66. The third kappa shape index (κ3) is 4.98. The van der Waals surface area contributed by atoms with Crippen molar-refractivity contribution in [3.8, 4) is 17.6 Å². The summed E-state index contributed by atoms with van der Waals surface area (Å²) in [7, 11) is 1.45. The van der Waals surface area contributed by atoms with E-state index in [1.165, 1.54) is 31.4 Å². The number of nitrogens with one attached hydrogen (secondary N) is 1. The summed E-state index contributed by atoms with van der Waals surface area (Å²) in [6.07, 6.45) is 1.36. The number of nitrogens with zero attached hydrogens (tertiary/aromatic N) is 2. The molecule has 0 spiro atoms. The van der Waals surface area contributed by atoms with Crippen molar-refractivity contribution in [3.05, 3.63) is 93.2 Å². The third-order valence-corrected chi connectivity index (χ3v) is 6.14. The molecule has 10 heteroatoms. The van der Waals surface area contributed by atoms with Crippen LogP contribution >= 0.6 is 28.1 Å². The van der Waals surface area contributed by atoms with Crippen LogP contribution in [0.2, 0.25) is 0 Å². The Morgan fingerprint density at radius 1 is 1.17 bits per heavy atom. The second kappa shape index (κ2) is 10.7. The van der Waals surface area contributed by atoms with E-state index in [2.05, 4.69) is 27.3 Å². The first-order valence-corrected chi connectivity index (χ1v) is 11.7. The monoisotopic (exact) mass is 565 g/mol. The molecule has 0 aromatic heterocycles. The van der Waals surface area contributed by atoms with Gasteiger partial charge in [0.15, 0.2) is 16.6 Å². The van der Waals surface area contributed by atoms with Crippen molar-refractivity contribution in [2.75, 3.05) is 12.0 Å². The average Bonchev–Trinajstić information content (AvgIpc) is 2.86. The van der Waals surface area contributed by atoms with Gasteiger partial charge in [-0.15, -0.1) is 0 Å². The Hall–Kier alpha value is -4.07. The van der Waals surface area contributed by atoms with Crippen LogP contribution in [0.3, 0.4) is 0 Å². The predicted molar refractivity (Wildman–Crippen MR) is 139 cm³/mol. The van der Waals surface area contributed by atoms with Crippen LogP contribution in [0.4, 0.5) is 10.1 Å². The molecule has 1 saturated heterocycles. The number of methoxy groups -OCH3 is 1. The number of anilines is 1. The number of benzene rings is 3. The maximum atomic E-state index is 14.4. The van der Waals surface area contributed by atoms with Gasteiger partial charge < -0.3 is 9.47 Å². The van der Waals surface area contributed by atoms with Gasteiger partial charge in [0.2, 0.25) is 0 Å². The van der Waals surface area contributed by atoms with Crippen LogP contribution in [0.5, 0.6) is 11.5 Å². The maximum Gasteiger partial charge on any atom is 0.270 e. The molecular formula is C26H17BrFN3O4S. The Morgan fingerprint density at radius 2 is 1.89 bits per heavy atom. The highest BCUT2D eigenvalue weighted by molar-refractivity contribution is 9.10. The molecule has 0 atom stereocenters. The zero-order valence-corrected chi connectivity index (χ0v) is 21.2. The van der Waals surface area contributed by atoms with E-state index in [4.69, 9.17) is 21.7 Å². The number of halogens is 2. The summed E-state index contributed by atoms with van der Waals surface area (Å²) in [5.74, 6) is -1.43. The first-order chi connectivity index (χ1) is 17.3. The van der Waals surface area contributed by atoms with Crippen molar-refractivity contribution >= 4 is 56.8 Å². The van der Waals surface area contributed by atoms with Crippen LogP contribution in [0.1, 0.15) is 16.7 Å². The fraction of sp³-hybridized carbons (Fsp3) is 0.0769. The van der Waals surface area contributed by atoms with E-state index >= 15 is 0 Å². The fourth-order valence-electron chi connectivity index (χ4n) is 3.54. The van der Waals surface area contributed by atoms with E-state index in [9.17, 15) is 19.2 Å². The number of hydrogen-bond donors (Lipinski definition) is 1. The first-order valence-electron chi connectivity index (χ1n) is 10.5. The molecule has 0 aliphatic carbocycles. The molecule has 36 heavy (non-hydrogen) atoms. The normalized spacial score (nSPS) is 14.4. The largest absolute Gasteiger partial charge is 0.493 e. The van der Waals surface area contributed by atoms with Gasteiger partial charge in [-0.2, -0.15) is 5.26 Å². The molecule has 3 aromatic carbocycles. The minimum absolute atomic E-state index is 0.0708. The van der Waals surface area contributed by atoms with E-state index in [0.29, 0.717) is 32.7 Å². The zero-order valence-electron chi connectivity index (χ0n) is 18.7. The molecule has 1 heterocycles. The predicted octanol–water partition coefficient (Wildman–Crippen LogP) is 4.88. The lowest BCUT2D eigenvalue weighted by molar-refractivity contribution is -0.122. The standard InChI is InChI=1S/C26H17BrFN3O4S/c1-34-22-12-15(11-19(27)23(22)35-14-17-7-3-2-6-16(17)13-29)10-18-24(32)30-26(36)31(25(18)33)21-9-5-4-8-20(21)28/h2-12H,14H2,1H3,(H,30,32,36)/b18-10+. The van der Waals surface area contributed by atoms with Crippen LogP contribution in [0.15, 0.2) is 70.7 Å². The Kier molecular flexibility index (Phi) is 7.43. The van der Waals surface area contributed by atoms with Gasteiger partial charge in [-0.25, -0.2) is 9.29 Å². The summed E-state index contributed by atoms with van der Waals surface area (Å²) in [4.78, 5) is 26.7. The first kappa shape index (κ1) is 25.0.